The zero-order valence-corrected chi connectivity index (χ0v) is 10.9. The first-order valence-electron chi connectivity index (χ1n) is 4.72. The van der Waals surface area contributed by atoms with E-state index < -0.39 is 0 Å². The van der Waals surface area contributed by atoms with E-state index in [0.29, 0.717) is 12.6 Å². The summed E-state index contributed by atoms with van der Waals surface area (Å²) in [4.78, 5) is 1.22. The van der Waals surface area contributed by atoms with Crippen molar-refractivity contribution in [3.05, 3.63) is 20.8 Å². The van der Waals surface area contributed by atoms with Gasteiger partial charge in [-0.15, -0.1) is 11.3 Å². The Labute approximate surface area is 97.5 Å². The molecule has 1 aromatic heterocycles. The van der Waals surface area contributed by atoms with Crippen molar-refractivity contribution in [3.63, 3.8) is 0 Å². The van der Waals surface area contributed by atoms with Crippen LogP contribution in [-0.4, -0.2) is 23.8 Å². The maximum absolute atomic E-state index is 9.69. The van der Waals surface area contributed by atoms with E-state index in [0.717, 1.165) is 10.9 Å². The van der Waals surface area contributed by atoms with Gasteiger partial charge in [-0.2, -0.15) is 0 Å². The summed E-state index contributed by atoms with van der Waals surface area (Å²) in [6.07, 6.45) is 0.443. The number of thiophene rings is 1. The molecule has 0 fully saturated rings. The molecule has 0 radical (unpaired) electrons. The van der Waals surface area contributed by atoms with Gasteiger partial charge < -0.3 is 10.4 Å². The molecule has 0 saturated carbocycles. The van der Waals surface area contributed by atoms with Gasteiger partial charge in [0.1, 0.15) is 0 Å². The second-order valence-corrected chi connectivity index (χ2v) is 5.56. The molecule has 0 saturated heterocycles. The van der Waals surface area contributed by atoms with Gasteiger partial charge in [0.15, 0.2) is 0 Å². The molecule has 0 amide bonds. The van der Waals surface area contributed by atoms with E-state index in [9.17, 15) is 5.11 Å². The summed E-state index contributed by atoms with van der Waals surface area (Å²) in [7, 11) is 0. The van der Waals surface area contributed by atoms with E-state index in [2.05, 4.69) is 41.2 Å². The summed E-state index contributed by atoms with van der Waals surface area (Å²) < 4.78 is 1.10. The maximum atomic E-state index is 9.69. The Morgan fingerprint density at radius 2 is 2.29 bits per heavy atom. The fourth-order valence-electron chi connectivity index (χ4n) is 1.14. The molecule has 1 atom stereocenters. The molecule has 1 heterocycles. The van der Waals surface area contributed by atoms with Crippen molar-refractivity contribution in [2.75, 3.05) is 6.54 Å². The van der Waals surface area contributed by atoms with Gasteiger partial charge in [0.2, 0.25) is 0 Å². The van der Waals surface area contributed by atoms with Crippen LogP contribution in [-0.2, 0) is 6.42 Å². The topological polar surface area (TPSA) is 32.3 Å². The minimum absolute atomic E-state index is 0.289. The second kappa shape index (κ2) is 5.85. The smallest absolute Gasteiger partial charge is 0.0712 e. The number of hydrogen-bond donors (Lipinski definition) is 2. The number of aliphatic hydroxyl groups excluding tert-OH is 1. The largest absolute Gasteiger partial charge is 0.391 e. The lowest BCUT2D eigenvalue weighted by atomic mass is 10.2. The Morgan fingerprint density at radius 1 is 1.57 bits per heavy atom. The lowest BCUT2D eigenvalue weighted by molar-refractivity contribution is 0.170. The molecular weight excluding hydrogens is 262 g/mol. The van der Waals surface area contributed by atoms with Crippen molar-refractivity contribution in [2.24, 2.45) is 0 Å². The van der Waals surface area contributed by atoms with Gasteiger partial charge in [0, 0.05) is 33.7 Å². The normalized spacial score (nSPS) is 13.5. The van der Waals surface area contributed by atoms with E-state index >= 15 is 0 Å². The Kier molecular flexibility index (Phi) is 5.09. The Bertz CT molecular complexity index is 275. The van der Waals surface area contributed by atoms with Crippen LogP contribution >= 0.6 is 27.3 Å². The Hall–Kier alpha value is 0.1000. The van der Waals surface area contributed by atoms with Gasteiger partial charge >= 0.3 is 0 Å². The molecule has 1 aromatic rings. The molecule has 80 valence electrons. The number of rotatable bonds is 5. The average molecular weight is 278 g/mol. The minimum atomic E-state index is -0.289. The van der Waals surface area contributed by atoms with Gasteiger partial charge in [-0.25, -0.2) is 0 Å². The van der Waals surface area contributed by atoms with Gasteiger partial charge in [0.25, 0.3) is 0 Å². The van der Waals surface area contributed by atoms with Crippen LogP contribution in [0.25, 0.3) is 0 Å². The molecule has 0 aliphatic carbocycles. The zero-order chi connectivity index (χ0) is 10.6. The third kappa shape index (κ3) is 4.55. The summed E-state index contributed by atoms with van der Waals surface area (Å²) in [5, 5.41) is 14.9. The predicted octanol–water partition coefficient (Wildman–Crippen LogP) is 2.41. The van der Waals surface area contributed by atoms with Gasteiger partial charge in [0.05, 0.1) is 6.10 Å². The molecule has 0 aliphatic rings. The van der Waals surface area contributed by atoms with Crippen molar-refractivity contribution in [2.45, 2.75) is 32.4 Å². The fourth-order valence-corrected chi connectivity index (χ4v) is 2.66. The molecule has 4 heteroatoms. The molecule has 0 aliphatic heterocycles. The zero-order valence-electron chi connectivity index (χ0n) is 8.46. The van der Waals surface area contributed by atoms with Crippen LogP contribution in [0.2, 0.25) is 0 Å². The van der Waals surface area contributed by atoms with Crippen molar-refractivity contribution in [1.82, 2.24) is 5.32 Å². The quantitative estimate of drug-likeness (QED) is 0.867. The highest BCUT2D eigenvalue weighted by Crippen LogP contribution is 2.20. The molecule has 1 rings (SSSR count). The van der Waals surface area contributed by atoms with Crippen LogP contribution in [0, 0.1) is 0 Å². The van der Waals surface area contributed by atoms with Crippen molar-refractivity contribution >= 4 is 27.3 Å². The lowest BCUT2D eigenvalue weighted by Gasteiger charge is -2.12. The molecule has 0 spiro atoms. The number of hydrogen-bond acceptors (Lipinski definition) is 3. The van der Waals surface area contributed by atoms with Crippen LogP contribution in [0.4, 0.5) is 0 Å². The van der Waals surface area contributed by atoms with Crippen LogP contribution in [0.1, 0.15) is 18.7 Å². The molecule has 0 bridgehead atoms. The standard InChI is InChI=1S/C10H16BrNOS/c1-7(2)12-5-9(13)4-10-3-8(11)6-14-10/h3,6-7,9,12-13H,4-5H2,1-2H3. The highest BCUT2D eigenvalue weighted by molar-refractivity contribution is 9.10. The van der Waals surface area contributed by atoms with E-state index in [1.807, 2.05) is 5.38 Å². The number of aliphatic hydroxyl groups is 1. The third-order valence-electron chi connectivity index (χ3n) is 1.82. The summed E-state index contributed by atoms with van der Waals surface area (Å²) in [5.74, 6) is 0. The van der Waals surface area contributed by atoms with Crippen LogP contribution < -0.4 is 5.32 Å². The summed E-state index contributed by atoms with van der Waals surface area (Å²) in [5.41, 5.74) is 0. The number of halogens is 1. The summed E-state index contributed by atoms with van der Waals surface area (Å²) >= 11 is 5.07. The van der Waals surface area contributed by atoms with Gasteiger partial charge in [-0.1, -0.05) is 13.8 Å². The highest BCUT2D eigenvalue weighted by Gasteiger charge is 2.07. The predicted molar refractivity (Wildman–Crippen MR) is 64.9 cm³/mol. The summed E-state index contributed by atoms with van der Waals surface area (Å²) in [6, 6.07) is 2.49. The van der Waals surface area contributed by atoms with E-state index in [4.69, 9.17) is 0 Å². The first kappa shape index (κ1) is 12.2. The Morgan fingerprint density at radius 3 is 2.79 bits per heavy atom. The van der Waals surface area contributed by atoms with E-state index in [1.54, 1.807) is 11.3 Å². The second-order valence-electron chi connectivity index (χ2n) is 3.65. The van der Waals surface area contributed by atoms with E-state index in [1.165, 1.54) is 4.88 Å². The maximum Gasteiger partial charge on any atom is 0.0712 e. The third-order valence-corrected chi connectivity index (χ3v) is 3.54. The molecule has 1 unspecified atom stereocenters. The van der Waals surface area contributed by atoms with Crippen LogP contribution in [0.3, 0.4) is 0 Å². The first-order valence-corrected chi connectivity index (χ1v) is 6.39. The first-order chi connectivity index (χ1) is 6.58. The number of nitrogens with one attached hydrogen (secondary N) is 1. The average Bonchev–Trinajstić information content (AvgIpc) is 2.48. The van der Waals surface area contributed by atoms with Gasteiger partial charge in [-0.3, -0.25) is 0 Å². The SMILES string of the molecule is CC(C)NCC(O)Cc1cc(Br)cs1. The van der Waals surface area contributed by atoms with Crippen molar-refractivity contribution in [3.8, 4) is 0 Å². The molecule has 2 nitrogen and oxygen atoms in total. The van der Waals surface area contributed by atoms with Crippen molar-refractivity contribution < 1.29 is 5.11 Å². The van der Waals surface area contributed by atoms with Crippen LogP contribution in [0.5, 0.6) is 0 Å². The minimum Gasteiger partial charge on any atom is -0.391 e. The van der Waals surface area contributed by atoms with Crippen molar-refractivity contribution in [1.29, 1.82) is 0 Å². The highest BCUT2D eigenvalue weighted by atomic mass is 79.9. The Balaban J connectivity index is 2.30. The molecular formula is C10H16BrNOS. The van der Waals surface area contributed by atoms with Gasteiger partial charge in [-0.05, 0) is 22.0 Å². The molecule has 14 heavy (non-hydrogen) atoms. The fraction of sp³-hybridized carbons (Fsp3) is 0.600. The lowest BCUT2D eigenvalue weighted by Crippen LogP contribution is -2.32. The van der Waals surface area contributed by atoms with E-state index in [-0.39, 0.29) is 6.10 Å². The monoisotopic (exact) mass is 277 g/mol. The van der Waals surface area contributed by atoms with Crippen LogP contribution in [0.15, 0.2) is 15.9 Å². The molecule has 2 N–H and O–H groups in total. The summed E-state index contributed by atoms with van der Waals surface area (Å²) in [6.45, 7) is 4.82. The molecule has 0 aromatic carbocycles.